The van der Waals surface area contributed by atoms with E-state index in [1.54, 1.807) is 0 Å². The number of amides is 1. The van der Waals surface area contributed by atoms with Crippen LogP contribution in [0.3, 0.4) is 0 Å². The van der Waals surface area contributed by atoms with E-state index in [0.717, 1.165) is 0 Å². The highest BCUT2D eigenvalue weighted by atomic mass is 35.5. The second-order valence-corrected chi connectivity index (χ2v) is 3.68. The molecule has 0 bridgehead atoms. The Hall–Kier alpha value is -0.780. The molecule has 1 aromatic carbocycles. The molecule has 1 aromatic rings. The van der Waals surface area contributed by atoms with Crippen LogP contribution in [0.4, 0.5) is 10.1 Å². The van der Waals surface area contributed by atoms with E-state index < -0.39 is 11.9 Å². The van der Waals surface area contributed by atoms with Crippen LogP contribution in [0.5, 0.6) is 0 Å². The van der Waals surface area contributed by atoms with Crippen LogP contribution in [0.15, 0.2) is 18.2 Å². The van der Waals surface area contributed by atoms with Gasteiger partial charge in [0.25, 0.3) is 0 Å². The van der Waals surface area contributed by atoms with E-state index in [1.807, 2.05) is 0 Å². The highest BCUT2D eigenvalue weighted by molar-refractivity contribution is 7.80. The number of hydrogen-bond donors (Lipinski definition) is 3. The van der Waals surface area contributed by atoms with Gasteiger partial charge in [0.2, 0.25) is 5.91 Å². The Balaban J connectivity index is 2.73. The van der Waals surface area contributed by atoms with Crippen LogP contribution in [0.2, 0.25) is 5.02 Å². The van der Waals surface area contributed by atoms with Crippen molar-refractivity contribution in [2.75, 3.05) is 11.1 Å². The van der Waals surface area contributed by atoms with E-state index >= 15 is 0 Å². The number of anilines is 1. The lowest BCUT2D eigenvalue weighted by Crippen LogP contribution is -2.37. The molecule has 1 rings (SSSR count). The molecule has 0 aliphatic carbocycles. The lowest BCUT2D eigenvalue weighted by Gasteiger charge is -2.09. The first-order valence-corrected chi connectivity index (χ1v) is 5.18. The molecule has 82 valence electrons. The summed E-state index contributed by atoms with van der Waals surface area (Å²) in [6.45, 7) is 0. The Labute approximate surface area is 97.2 Å². The molecule has 0 aliphatic rings. The average Bonchev–Trinajstić information content (AvgIpc) is 2.22. The van der Waals surface area contributed by atoms with Crippen molar-refractivity contribution < 1.29 is 9.18 Å². The Morgan fingerprint density at radius 2 is 2.33 bits per heavy atom. The molecule has 3 N–H and O–H groups in total. The molecule has 0 aliphatic heterocycles. The largest absolute Gasteiger partial charge is 0.325 e. The molecule has 15 heavy (non-hydrogen) atoms. The molecule has 0 spiro atoms. The van der Waals surface area contributed by atoms with Gasteiger partial charge in [0.1, 0.15) is 5.82 Å². The summed E-state index contributed by atoms with van der Waals surface area (Å²) in [7, 11) is 0. The van der Waals surface area contributed by atoms with E-state index in [1.165, 1.54) is 18.2 Å². The monoisotopic (exact) mass is 248 g/mol. The van der Waals surface area contributed by atoms with Gasteiger partial charge in [-0.2, -0.15) is 12.6 Å². The standard InChI is InChI=1S/C9H10ClFN2OS/c10-6-3-5(1-2-7(6)11)13-9(14)8(12)4-15/h1-3,8,15H,4,12H2,(H,13,14). The molecule has 0 saturated carbocycles. The summed E-state index contributed by atoms with van der Waals surface area (Å²) in [5.74, 6) is -0.679. The number of carbonyl (C=O) groups is 1. The number of nitrogens with one attached hydrogen (secondary N) is 1. The third-order valence-electron chi connectivity index (χ3n) is 1.72. The minimum atomic E-state index is -0.697. The predicted molar refractivity (Wildman–Crippen MR) is 61.9 cm³/mol. The second-order valence-electron chi connectivity index (χ2n) is 2.91. The lowest BCUT2D eigenvalue weighted by atomic mass is 10.2. The number of carbonyl (C=O) groups excluding carboxylic acids is 1. The van der Waals surface area contributed by atoms with Crippen molar-refractivity contribution in [3.8, 4) is 0 Å². The zero-order valence-corrected chi connectivity index (χ0v) is 9.36. The summed E-state index contributed by atoms with van der Waals surface area (Å²) in [6, 6.07) is 3.20. The van der Waals surface area contributed by atoms with E-state index in [0.29, 0.717) is 5.69 Å². The highest BCUT2D eigenvalue weighted by Crippen LogP contribution is 2.19. The van der Waals surface area contributed by atoms with Gasteiger partial charge in [-0.1, -0.05) is 11.6 Å². The van der Waals surface area contributed by atoms with Crippen LogP contribution < -0.4 is 11.1 Å². The smallest absolute Gasteiger partial charge is 0.242 e. The van der Waals surface area contributed by atoms with Crippen molar-refractivity contribution in [1.82, 2.24) is 0 Å². The van der Waals surface area contributed by atoms with E-state index in [-0.39, 0.29) is 16.7 Å². The van der Waals surface area contributed by atoms with Gasteiger partial charge in [0.15, 0.2) is 0 Å². The van der Waals surface area contributed by atoms with E-state index in [4.69, 9.17) is 17.3 Å². The second kappa shape index (κ2) is 5.34. The first-order chi connectivity index (χ1) is 7.04. The maximum Gasteiger partial charge on any atom is 0.242 e. The Kier molecular flexibility index (Phi) is 4.38. The van der Waals surface area contributed by atoms with Gasteiger partial charge in [0.05, 0.1) is 11.1 Å². The summed E-state index contributed by atoms with van der Waals surface area (Å²) in [6.07, 6.45) is 0. The molecule has 1 atom stereocenters. The Morgan fingerprint density at radius 3 is 2.87 bits per heavy atom. The van der Waals surface area contributed by atoms with Crippen molar-refractivity contribution in [1.29, 1.82) is 0 Å². The average molecular weight is 249 g/mol. The molecule has 0 radical (unpaired) electrons. The molecule has 1 unspecified atom stereocenters. The van der Waals surface area contributed by atoms with Gasteiger partial charge in [-0.15, -0.1) is 0 Å². The highest BCUT2D eigenvalue weighted by Gasteiger charge is 2.11. The van der Waals surface area contributed by atoms with Gasteiger partial charge < -0.3 is 11.1 Å². The molecule has 6 heteroatoms. The van der Waals surface area contributed by atoms with Crippen LogP contribution >= 0.6 is 24.2 Å². The van der Waals surface area contributed by atoms with Crippen LogP contribution in [0, 0.1) is 5.82 Å². The topological polar surface area (TPSA) is 55.1 Å². The van der Waals surface area contributed by atoms with Gasteiger partial charge in [-0.25, -0.2) is 4.39 Å². The van der Waals surface area contributed by atoms with Crippen molar-refractivity contribution in [2.45, 2.75) is 6.04 Å². The first kappa shape index (κ1) is 12.3. The molecule has 3 nitrogen and oxygen atoms in total. The van der Waals surface area contributed by atoms with Crippen molar-refractivity contribution in [3.05, 3.63) is 29.0 Å². The maximum atomic E-state index is 12.8. The van der Waals surface area contributed by atoms with Crippen molar-refractivity contribution in [3.63, 3.8) is 0 Å². The number of nitrogens with two attached hydrogens (primary N) is 1. The fourth-order valence-electron chi connectivity index (χ4n) is 0.892. The molecule has 1 amide bonds. The van der Waals surface area contributed by atoms with Crippen molar-refractivity contribution in [2.24, 2.45) is 5.73 Å². The minimum Gasteiger partial charge on any atom is -0.325 e. The number of halogens is 2. The van der Waals surface area contributed by atoms with E-state index in [2.05, 4.69) is 17.9 Å². The minimum absolute atomic E-state index is 0.0488. The molecule has 0 saturated heterocycles. The van der Waals surface area contributed by atoms with Gasteiger partial charge in [-0.3, -0.25) is 4.79 Å². The van der Waals surface area contributed by atoms with Crippen molar-refractivity contribution >= 4 is 35.8 Å². The number of hydrogen-bond acceptors (Lipinski definition) is 3. The third kappa shape index (κ3) is 3.37. The quantitative estimate of drug-likeness (QED) is 0.713. The zero-order valence-electron chi connectivity index (χ0n) is 7.71. The maximum absolute atomic E-state index is 12.8. The lowest BCUT2D eigenvalue weighted by molar-refractivity contribution is -0.116. The molecule has 0 aromatic heterocycles. The van der Waals surface area contributed by atoms with Crippen LogP contribution in [-0.4, -0.2) is 17.7 Å². The first-order valence-electron chi connectivity index (χ1n) is 4.17. The van der Waals surface area contributed by atoms with Gasteiger partial charge in [0, 0.05) is 11.4 Å². The normalized spacial score (nSPS) is 12.3. The molecule has 0 fully saturated rings. The van der Waals surface area contributed by atoms with Gasteiger partial charge >= 0.3 is 0 Å². The summed E-state index contributed by atoms with van der Waals surface area (Å²) in [5, 5.41) is 2.45. The summed E-state index contributed by atoms with van der Waals surface area (Å²) < 4.78 is 12.8. The van der Waals surface area contributed by atoms with Crippen LogP contribution in [0.25, 0.3) is 0 Å². The molecule has 0 heterocycles. The fourth-order valence-corrected chi connectivity index (χ4v) is 1.24. The molecular weight excluding hydrogens is 239 g/mol. The zero-order chi connectivity index (χ0) is 11.4. The summed E-state index contributed by atoms with van der Waals surface area (Å²) in [4.78, 5) is 11.3. The predicted octanol–water partition coefficient (Wildman–Crippen LogP) is 1.67. The molecular formula is C9H10ClFN2OS. The van der Waals surface area contributed by atoms with E-state index in [9.17, 15) is 9.18 Å². The van der Waals surface area contributed by atoms with Gasteiger partial charge in [-0.05, 0) is 18.2 Å². The third-order valence-corrected chi connectivity index (χ3v) is 2.40. The number of rotatable bonds is 3. The fraction of sp³-hybridized carbons (Fsp3) is 0.222. The van der Waals surface area contributed by atoms with Crippen LogP contribution in [-0.2, 0) is 4.79 Å². The Morgan fingerprint density at radius 1 is 1.67 bits per heavy atom. The number of thiol groups is 1. The SMILES string of the molecule is NC(CS)C(=O)Nc1ccc(F)c(Cl)c1. The van der Waals surface area contributed by atoms with Crippen LogP contribution in [0.1, 0.15) is 0 Å². The Bertz CT molecular complexity index is 375. The summed E-state index contributed by atoms with van der Waals surface area (Å²) >= 11 is 9.42. The summed E-state index contributed by atoms with van der Waals surface area (Å²) in [5.41, 5.74) is 5.84. The number of benzene rings is 1.